The maximum absolute atomic E-state index is 8.55. The Morgan fingerprint density at radius 3 is 0.452 bits per heavy atom. The van der Waals surface area contributed by atoms with Crippen molar-refractivity contribution in [2.24, 2.45) is 0 Å². The van der Waals surface area contributed by atoms with Crippen molar-refractivity contribution in [3.05, 3.63) is 0 Å². The summed E-state index contributed by atoms with van der Waals surface area (Å²) in [5.41, 5.74) is 0. The van der Waals surface area contributed by atoms with Crippen LogP contribution in [0.4, 0.5) is 0 Å². The van der Waals surface area contributed by atoms with Crippen LogP contribution in [0, 0.1) is 0 Å². The van der Waals surface area contributed by atoms with Gasteiger partial charge in [-0.15, -0.1) is 0 Å². The Balaban J connectivity index is -0.0000000891. The van der Waals surface area contributed by atoms with Gasteiger partial charge in [-0.3, -0.25) is 0 Å². The van der Waals surface area contributed by atoms with Crippen molar-refractivity contribution in [1.82, 2.24) is 31.9 Å². The fourth-order valence-electron chi connectivity index (χ4n) is 1.81. The normalized spacial score (nSPS) is 17.7. The molecule has 3 saturated heterocycles. The Morgan fingerprint density at radius 2 is 0.419 bits per heavy atom. The van der Waals surface area contributed by atoms with Gasteiger partial charge in [-0.2, -0.15) is 15.6 Å². The topological polar surface area (TPSA) is 245 Å². The SMILES string of the molecule is C1CNCCN1.C1CNCCN1.C1CNCCN1.O=P([O-])([O-])[O-].O=P([O-])([O-])[O-].[Zn+2].[Zn+2].[Zn+2]. The van der Waals surface area contributed by atoms with Crippen molar-refractivity contribution < 1.29 is 96.9 Å². The third-order valence-corrected chi connectivity index (χ3v) is 2.87. The molecule has 3 heterocycles. The van der Waals surface area contributed by atoms with E-state index in [1.165, 1.54) is 0 Å². The van der Waals surface area contributed by atoms with Gasteiger partial charge in [0.15, 0.2) is 0 Å². The third-order valence-electron chi connectivity index (χ3n) is 2.87. The van der Waals surface area contributed by atoms with Crippen LogP contribution in [0.3, 0.4) is 0 Å². The molecule has 0 aromatic rings. The summed E-state index contributed by atoms with van der Waals surface area (Å²) in [6.45, 7) is 13.7. The van der Waals surface area contributed by atoms with E-state index in [2.05, 4.69) is 31.9 Å². The van der Waals surface area contributed by atoms with E-state index in [4.69, 9.17) is 38.5 Å². The standard InChI is InChI=1S/3C4H10N2.2H3O4P.3Zn/c3*1-2-6-4-3-5-1;2*1-5(2,3)4;;;/h3*5-6H,1-4H2;2*(H3,1,2,3,4);;;/q;;;;;3*+2/p-6. The van der Waals surface area contributed by atoms with Gasteiger partial charge in [0.2, 0.25) is 0 Å². The average molecular weight is 645 g/mol. The number of nitrogens with one attached hydrogen (secondary N) is 6. The van der Waals surface area contributed by atoms with Gasteiger partial charge in [0, 0.05) is 78.5 Å². The predicted octanol–water partition coefficient (Wildman–Crippen LogP) is -8.12. The van der Waals surface area contributed by atoms with Crippen molar-refractivity contribution in [3.63, 3.8) is 0 Å². The summed E-state index contributed by atoms with van der Waals surface area (Å²) in [6, 6.07) is 0. The van der Waals surface area contributed by atoms with E-state index >= 15 is 0 Å². The first kappa shape index (κ1) is 43.0. The molecule has 0 spiro atoms. The van der Waals surface area contributed by atoms with Crippen LogP contribution in [0.15, 0.2) is 0 Å². The van der Waals surface area contributed by atoms with Crippen LogP contribution in [-0.2, 0) is 67.6 Å². The Kier molecular flexibility index (Phi) is 41.4. The van der Waals surface area contributed by atoms with Crippen molar-refractivity contribution in [3.8, 4) is 0 Å². The molecule has 0 aromatic carbocycles. The van der Waals surface area contributed by atoms with Gasteiger partial charge in [-0.05, 0) is 0 Å². The molecule has 3 aliphatic heterocycles. The molecule has 3 rings (SSSR count). The van der Waals surface area contributed by atoms with E-state index in [9.17, 15) is 0 Å². The van der Waals surface area contributed by atoms with Crippen LogP contribution in [0.5, 0.6) is 0 Å². The van der Waals surface area contributed by atoms with Crippen LogP contribution in [0.25, 0.3) is 0 Å². The molecule has 0 saturated carbocycles. The fraction of sp³-hybridized carbons (Fsp3) is 1.00. The van der Waals surface area contributed by atoms with E-state index in [0.29, 0.717) is 0 Å². The molecule has 0 radical (unpaired) electrons. The molecular weight excluding hydrogens is 614 g/mol. The smallest absolute Gasteiger partial charge is 0.822 e. The minimum atomic E-state index is -5.39. The van der Waals surface area contributed by atoms with Crippen LogP contribution in [0.1, 0.15) is 0 Å². The average Bonchev–Trinajstić information content (AvgIpc) is 2.64. The first-order valence-corrected chi connectivity index (χ1v) is 11.6. The minimum Gasteiger partial charge on any atom is -0.822 e. The number of hydrogen-bond donors (Lipinski definition) is 6. The van der Waals surface area contributed by atoms with E-state index < -0.39 is 15.6 Å². The minimum absolute atomic E-state index is 0. The Bertz CT molecular complexity index is 328. The summed E-state index contributed by atoms with van der Waals surface area (Å²) in [5, 5.41) is 19.3. The van der Waals surface area contributed by atoms with Gasteiger partial charge < -0.3 is 70.4 Å². The summed E-state index contributed by atoms with van der Waals surface area (Å²) in [6.07, 6.45) is 0. The molecule has 0 bridgehead atoms. The van der Waals surface area contributed by atoms with Crippen molar-refractivity contribution >= 4 is 15.6 Å². The van der Waals surface area contributed by atoms with E-state index in [0.717, 1.165) is 78.5 Å². The molecule has 0 aliphatic carbocycles. The van der Waals surface area contributed by atoms with Crippen molar-refractivity contribution in [1.29, 1.82) is 0 Å². The fourth-order valence-corrected chi connectivity index (χ4v) is 1.81. The van der Waals surface area contributed by atoms with Gasteiger partial charge in [0.05, 0.1) is 0 Å². The molecule has 0 aromatic heterocycles. The zero-order chi connectivity index (χ0) is 21.7. The Morgan fingerprint density at radius 1 is 0.355 bits per heavy atom. The second-order valence-corrected chi connectivity index (χ2v) is 7.18. The summed E-state index contributed by atoms with van der Waals surface area (Å²) in [7, 11) is -10.8. The number of piperazine rings is 3. The quantitative estimate of drug-likeness (QED) is 0.106. The molecule has 3 aliphatic rings. The molecule has 19 heteroatoms. The van der Waals surface area contributed by atoms with Crippen LogP contribution in [0.2, 0.25) is 0 Å². The number of hydrogen-bond acceptors (Lipinski definition) is 14. The second kappa shape index (κ2) is 29.9. The van der Waals surface area contributed by atoms with Gasteiger partial charge in [-0.25, -0.2) is 0 Å². The first-order chi connectivity index (χ1) is 13.0. The first-order valence-electron chi connectivity index (χ1n) is 8.70. The monoisotopic (exact) mass is 640 g/mol. The van der Waals surface area contributed by atoms with Crippen LogP contribution in [-0.4, -0.2) is 78.5 Å². The maximum Gasteiger partial charge on any atom is 2.00 e. The molecule has 0 atom stereocenters. The molecule has 172 valence electrons. The van der Waals surface area contributed by atoms with Gasteiger partial charge in [0.25, 0.3) is 0 Å². The summed E-state index contributed by atoms with van der Waals surface area (Å²) in [4.78, 5) is 51.3. The van der Waals surface area contributed by atoms with E-state index in [1.807, 2.05) is 0 Å². The van der Waals surface area contributed by atoms with Crippen LogP contribution >= 0.6 is 15.6 Å². The molecule has 0 amide bonds. The molecular formula is C12H30N6O8P2Zn3. The molecule has 3 fully saturated rings. The Hall–Kier alpha value is 1.85. The summed E-state index contributed by atoms with van der Waals surface area (Å²) in [5.74, 6) is 0. The molecule has 6 N–H and O–H groups in total. The number of rotatable bonds is 0. The van der Waals surface area contributed by atoms with Crippen molar-refractivity contribution in [2.45, 2.75) is 0 Å². The second-order valence-electron chi connectivity index (χ2n) is 5.39. The summed E-state index contributed by atoms with van der Waals surface area (Å²) >= 11 is 0. The zero-order valence-corrected chi connectivity index (χ0v) is 28.5. The summed E-state index contributed by atoms with van der Waals surface area (Å²) < 4.78 is 17.1. The molecule has 0 unspecified atom stereocenters. The predicted molar refractivity (Wildman–Crippen MR) is 92.4 cm³/mol. The van der Waals surface area contributed by atoms with E-state index in [-0.39, 0.29) is 58.4 Å². The van der Waals surface area contributed by atoms with Crippen molar-refractivity contribution in [2.75, 3.05) is 78.5 Å². The van der Waals surface area contributed by atoms with Gasteiger partial charge in [0.1, 0.15) is 0 Å². The maximum atomic E-state index is 8.55. The zero-order valence-electron chi connectivity index (χ0n) is 17.8. The largest absolute Gasteiger partial charge is 2.00 e. The van der Waals surface area contributed by atoms with E-state index in [1.54, 1.807) is 0 Å². The Labute approximate surface area is 222 Å². The number of phosphoric acid groups is 2. The van der Waals surface area contributed by atoms with Crippen LogP contribution < -0.4 is 61.3 Å². The molecule has 14 nitrogen and oxygen atoms in total. The third kappa shape index (κ3) is 72.0. The van der Waals surface area contributed by atoms with Gasteiger partial charge >= 0.3 is 58.4 Å². The van der Waals surface area contributed by atoms with Gasteiger partial charge in [-0.1, -0.05) is 0 Å². The molecule has 31 heavy (non-hydrogen) atoms.